The summed E-state index contributed by atoms with van der Waals surface area (Å²) in [6, 6.07) is 0.779. The molecule has 0 aromatic carbocycles. The molecule has 1 rings (SSSR count). The molecule has 0 spiro atoms. The van der Waals surface area contributed by atoms with Gasteiger partial charge in [-0.1, -0.05) is 27.7 Å². The van der Waals surface area contributed by atoms with Crippen LogP contribution in [0, 0.1) is 5.41 Å². The van der Waals surface area contributed by atoms with Crippen LogP contribution in [0.5, 0.6) is 0 Å². The molecule has 90 valence electrons. The summed E-state index contributed by atoms with van der Waals surface area (Å²) in [5, 5.41) is 0.838. The predicted molar refractivity (Wildman–Crippen MR) is 70.4 cm³/mol. The first-order valence-electron chi connectivity index (χ1n) is 6.04. The minimum atomic E-state index is 0.256. The summed E-state index contributed by atoms with van der Waals surface area (Å²) in [7, 11) is 0. The first kappa shape index (κ1) is 13.3. The number of nitrogens with zero attached hydrogens (tertiary/aromatic N) is 1. The number of hydrogen-bond donors (Lipinski definition) is 1. The molecule has 2 N–H and O–H groups in total. The van der Waals surface area contributed by atoms with Crippen molar-refractivity contribution >= 4 is 11.8 Å². The van der Waals surface area contributed by atoms with Crippen molar-refractivity contribution in [1.82, 2.24) is 4.90 Å². The third-order valence-corrected chi connectivity index (χ3v) is 4.62. The molecular weight excluding hydrogens is 204 g/mol. The molecule has 2 unspecified atom stereocenters. The Labute approximate surface area is 99.0 Å². The van der Waals surface area contributed by atoms with Crippen LogP contribution in [0.1, 0.15) is 34.1 Å². The van der Waals surface area contributed by atoms with E-state index in [0.29, 0.717) is 0 Å². The molecule has 3 heteroatoms. The SMILES string of the molecule is CCN(CC(C)(C)CN)C1CSC(C)C1. The highest BCUT2D eigenvalue weighted by Crippen LogP contribution is 2.30. The van der Waals surface area contributed by atoms with Crippen LogP contribution in [0.15, 0.2) is 0 Å². The molecule has 2 atom stereocenters. The smallest absolute Gasteiger partial charge is 0.0197 e. The van der Waals surface area contributed by atoms with Gasteiger partial charge in [-0.25, -0.2) is 0 Å². The van der Waals surface area contributed by atoms with Crippen LogP contribution in [-0.2, 0) is 0 Å². The normalized spacial score (nSPS) is 27.6. The molecule has 0 saturated carbocycles. The van der Waals surface area contributed by atoms with Gasteiger partial charge in [0.25, 0.3) is 0 Å². The van der Waals surface area contributed by atoms with Crippen molar-refractivity contribution in [3.63, 3.8) is 0 Å². The fourth-order valence-electron chi connectivity index (χ4n) is 2.16. The van der Waals surface area contributed by atoms with E-state index in [-0.39, 0.29) is 5.41 Å². The molecule has 0 amide bonds. The second kappa shape index (κ2) is 5.55. The second-order valence-corrected chi connectivity index (χ2v) is 6.94. The van der Waals surface area contributed by atoms with Crippen molar-refractivity contribution in [2.75, 3.05) is 25.4 Å². The van der Waals surface area contributed by atoms with E-state index in [1.807, 2.05) is 0 Å². The van der Waals surface area contributed by atoms with E-state index in [9.17, 15) is 0 Å². The summed E-state index contributed by atoms with van der Waals surface area (Å²) in [5.74, 6) is 1.30. The van der Waals surface area contributed by atoms with Crippen molar-refractivity contribution in [3.8, 4) is 0 Å². The average molecular weight is 230 g/mol. The molecule has 0 aromatic heterocycles. The van der Waals surface area contributed by atoms with E-state index >= 15 is 0 Å². The topological polar surface area (TPSA) is 29.3 Å². The van der Waals surface area contributed by atoms with Gasteiger partial charge in [0.15, 0.2) is 0 Å². The van der Waals surface area contributed by atoms with Crippen molar-refractivity contribution in [1.29, 1.82) is 0 Å². The van der Waals surface area contributed by atoms with E-state index in [1.165, 1.54) is 12.2 Å². The first-order valence-corrected chi connectivity index (χ1v) is 7.09. The van der Waals surface area contributed by atoms with Gasteiger partial charge >= 0.3 is 0 Å². The fraction of sp³-hybridized carbons (Fsp3) is 1.00. The largest absolute Gasteiger partial charge is 0.330 e. The standard InChI is InChI=1S/C12H26N2S/c1-5-14(9-12(3,4)8-13)11-6-10(2)15-7-11/h10-11H,5-9,13H2,1-4H3. The van der Waals surface area contributed by atoms with Crippen LogP contribution in [0.4, 0.5) is 0 Å². The highest BCUT2D eigenvalue weighted by atomic mass is 32.2. The van der Waals surface area contributed by atoms with Crippen molar-refractivity contribution in [3.05, 3.63) is 0 Å². The Morgan fingerprint density at radius 2 is 2.13 bits per heavy atom. The van der Waals surface area contributed by atoms with Crippen molar-refractivity contribution < 1.29 is 0 Å². The third-order valence-electron chi connectivity index (χ3n) is 3.28. The molecule has 1 aliphatic rings. The summed E-state index contributed by atoms with van der Waals surface area (Å²) in [6.07, 6.45) is 1.35. The second-order valence-electron chi connectivity index (χ2n) is 5.46. The summed E-state index contributed by atoms with van der Waals surface area (Å²) in [4.78, 5) is 2.61. The van der Waals surface area contributed by atoms with Crippen LogP contribution in [0.25, 0.3) is 0 Å². The lowest BCUT2D eigenvalue weighted by molar-refractivity contribution is 0.148. The Hall–Kier alpha value is 0.270. The van der Waals surface area contributed by atoms with E-state index in [4.69, 9.17) is 5.73 Å². The van der Waals surface area contributed by atoms with Gasteiger partial charge in [-0.3, -0.25) is 4.90 Å². The quantitative estimate of drug-likeness (QED) is 0.785. The predicted octanol–water partition coefficient (Wildman–Crippen LogP) is 2.19. The van der Waals surface area contributed by atoms with Crippen molar-refractivity contribution in [2.45, 2.75) is 45.4 Å². The monoisotopic (exact) mass is 230 g/mol. The van der Waals surface area contributed by atoms with Crippen molar-refractivity contribution in [2.24, 2.45) is 11.1 Å². The molecule has 0 radical (unpaired) electrons. The Balaban J connectivity index is 2.49. The fourth-order valence-corrected chi connectivity index (χ4v) is 3.42. The molecule has 1 fully saturated rings. The molecule has 1 aliphatic heterocycles. The lowest BCUT2D eigenvalue weighted by Crippen LogP contribution is -2.44. The van der Waals surface area contributed by atoms with Crippen LogP contribution >= 0.6 is 11.8 Å². The molecular formula is C12H26N2S. The van der Waals surface area contributed by atoms with E-state index in [2.05, 4.69) is 44.4 Å². The highest BCUT2D eigenvalue weighted by Gasteiger charge is 2.29. The zero-order valence-corrected chi connectivity index (χ0v) is 11.4. The maximum absolute atomic E-state index is 5.80. The Kier molecular flexibility index (Phi) is 4.94. The number of thioether (sulfide) groups is 1. The van der Waals surface area contributed by atoms with Crippen LogP contribution in [0.2, 0.25) is 0 Å². The lowest BCUT2D eigenvalue weighted by Gasteiger charge is -2.34. The number of hydrogen-bond acceptors (Lipinski definition) is 3. The van der Waals surface area contributed by atoms with Gasteiger partial charge < -0.3 is 5.73 Å². The molecule has 0 aromatic rings. The molecule has 15 heavy (non-hydrogen) atoms. The van der Waals surface area contributed by atoms with Gasteiger partial charge in [-0.2, -0.15) is 11.8 Å². The van der Waals surface area contributed by atoms with Gasteiger partial charge in [-0.15, -0.1) is 0 Å². The van der Waals surface area contributed by atoms with Crippen LogP contribution in [0.3, 0.4) is 0 Å². The maximum Gasteiger partial charge on any atom is 0.0197 e. The Bertz CT molecular complexity index is 194. The lowest BCUT2D eigenvalue weighted by atomic mass is 9.92. The van der Waals surface area contributed by atoms with Gasteiger partial charge in [0.05, 0.1) is 0 Å². The number of rotatable bonds is 5. The number of nitrogens with two attached hydrogens (primary N) is 1. The molecule has 0 bridgehead atoms. The molecule has 1 saturated heterocycles. The summed E-state index contributed by atoms with van der Waals surface area (Å²) in [5.41, 5.74) is 6.06. The Morgan fingerprint density at radius 1 is 1.47 bits per heavy atom. The van der Waals surface area contributed by atoms with Gasteiger partial charge in [0.2, 0.25) is 0 Å². The third kappa shape index (κ3) is 3.97. The maximum atomic E-state index is 5.80. The zero-order valence-electron chi connectivity index (χ0n) is 10.6. The first-order chi connectivity index (χ1) is 6.98. The highest BCUT2D eigenvalue weighted by molar-refractivity contribution is 8.00. The van der Waals surface area contributed by atoms with Gasteiger partial charge in [0.1, 0.15) is 0 Å². The van der Waals surface area contributed by atoms with Crippen LogP contribution in [-0.4, -0.2) is 41.6 Å². The minimum absolute atomic E-state index is 0.256. The zero-order chi connectivity index (χ0) is 11.5. The van der Waals surface area contributed by atoms with E-state index in [0.717, 1.165) is 30.9 Å². The average Bonchev–Trinajstić information content (AvgIpc) is 2.61. The summed E-state index contributed by atoms with van der Waals surface area (Å²) in [6.45, 7) is 12.2. The molecule has 1 heterocycles. The summed E-state index contributed by atoms with van der Waals surface area (Å²) < 4.78 is 0. The van der Waals surface area contributed by atoms with Crippen LogP contribution < -0.4 is 5.73 Å². The van der Waals surface area contributed by atoms with E-state index in [1.54, 1.807) is 0 Å². The minimum Gasteiger partial charge on any atom is -0.330 e. The van der Waals surface area contributed by atoms with Gasteiger partial charge in [-0.05, 0) is 24.9 Å². The van der Waals surface area contributed by atoms with Gasteiger partial charge in [0, 0.05) is 23.6 Å². The van der Waals surface area contributed by atoms with E-state index < -0.39 is 0 Å². The molecule has 2 nitrogen and oxygen atoms in total. The summed E-state index contributed by atoms with van der Waals surface area (Å²) >= 11 is 2.11. The molecule has 0 aliphatic carbocycles. The Morgan fingerprint density at radius 3 is 2.53 bits per heavy atom.